The Labute approximate surface area is 229 Å². The van der Waals surface area contributed by atoms with Crippen LogP contribution in [-0.2, 0) is 0 Å². The van der Waals surface area contributed by atoms with E-state index in [0.29, 0.717) is 47.1 Å². The summed E-state index contributed by atoms with van der Waals surface area (Å²) in [6, 6.07) is 9.30. The molecule has 1 aromatic carbocycles. The van der Waals surface area contributed by atoms with E-state index in [9.17, 15) is 0 Å². The number of nitrogens with zero attached hydrogens (tertiary/aromatic N) is 5. The number of pyridine rings is 1. The van der Waals surface area contributed by atoms with Crippen LogP contribution >= 0.6 is 0 Å². The monoisotopic (exact) mass is 528 g/mol. The van der Waals surface area contributed by atoms with Gasteiger partial charge in [-0.15, -0.1) is 0 Å². The molecule has 8 heteroatoms. The fourth-order valence-electron chi connectivity index (χ4n) is 7.94. The number of rotatable bonds is 6. The third-order valence-corrected chi connectivity index (χ3v) is 10.2. The topological polar surface area (TPSA) is 66.4 Å². The summed E-state index contributed by atoms with van der Waals surface area (Å²) in [5.74, 6) is 1.47. The van der Waals surface area contributed by atoms with Crippen molar-refractivity contribution in [3.8, 4) is 17.3 Å². The number of piperazine rings is 1. The maximum atomic E-state index is 16.5. The zero-order valence-corrected chi connectivity index (χ0v) is 22.7. The summed E-state index contributed by atoms with van der Waals surface area (Å²) in [6.45, 7) is 6.80. The average molecular weight is 529 g/mol. The molecule has 1 saturated carbocycles. The van der Waals surface area contributed by atoms with Gasteiger partial charge in [0.2, 0.25) is 0 Å². The highest BCUT2D eigenvalue weighted by Crippen LogP contribution is 2.50. The minimum atomic E-state index is -0.374. The van der Waals surface area contributed by atoms with Gasteiger partial charge in [-0.3, -0.25) is 9.88 Å². The van der Waals surface area contributed by atoms with E-state index in [4.69, 9.17) is 19.7 Å². The maximum absolute atomic E-state index is 16.5. The van der Waals surface area contributed by atoms with E-state index in [1.54, 1.807) is 6.20 Å². The van der Waals surface area contributed by atoms with Gasteiger partial charge in [0.15, 0.2) is 5.82 Å². The molecular weight excluding hydrogens is 491 g/mol. The Bertz CT molecular complexity index is 1410. The van der Waals surface area contributed by atoms with E-state index < -0.39 is 0 Å². The van der Waals surface area contributed by atoms with Gasteiger partial charge in [-0.25, -0.2) is 4.39 Å². The molecule has 39 heavy (non-hydrogen) atoms. The van der Waals surface area contributed by atoms with E-state index in [1.807, 2.05) is 18.2 Å². The molecule has 204 valence electrons. The van der Waals surface area contributed by atoms with Crippen LogP contribution in [-0.4, -0.2) is 70.3 Å². The van der Waals surface area contributed by atoms with Gasteiger partial charge in [0.25, 0.3) is 0 Å². The quantitative estimate of drug-likeness (QED) is 0.488. The normalized spacial score (nSPS) is 29.2. The van der Waals surface area contributed by atoms with Gasteiger partial charge >= 0.3 is 6.01 Å². The van der Waals surface area contributed by atoms with Crippen molar-refractivity contribution >= 4 is 16.7 Å². The summed E-state index contributed by atoms with van der Waals surface area (Å²) in [4.78, 5) is 19.3. The molecule has 2 bridgehead atoms. The third kappa shape index (κ3) is 4.01. The molecule has 7 nitrogen and oxygen atoms in total. The van der Waals surface area contributed by atoms with Gasteiger partial charge in [0.1, 0.15) is 23.6 Å². The zero-order chi connectivity index (χ0) is 26.1. The molecule has 0 radical (unpaired) electrons. The molecule has 4 saturated heterocycles. The first-order chi connectivity index (χ1) is 19.1. The molecule has 4 atom stereocenters. The summed E-state index contributed by atoms with van der Waals surface area (Å²) < 4.78 is 22.9. The highest BCUT2D eigenvalue weighted by molar-refractivity contribution is 5.92. The maximum Gasteiger partial charge on any atom is 0.319 e. The van der Waals surface area contributed by atoms with Crippen LogP contribution in [0.25, 0.3) is 22.2 Å². The van der Waals surface area contributed by atoms with E-state index in [2.05, 4.69) is 28.1 Å². The van der Waals surface area contributed by atoms with Crippen LogP contribution in [0.2, 0.25) is 0 Å². The van der Waals surface area contributed by atoms with Crippen molar-refractivity contribution in [3.63, 3.8) is 0 Å². The zero-order valence-electron chi connectivity index (χ0n) is 22.7. The fraction of sp³-hybridized carbons (Fsp3) is 0.581. The molecule has 1 unspecified atom stereocenters. The van der Waals surface area contributed by atoms with Crippen molar-refractivity contribution in [2.75, 3.05) is 37.7 Å². The molecule has 1 N–H and O–H groups in total. The van der Waals surface area contributed by atoms with E-state index in [1.165, 1.54) is 31.2 Å². The van der Waals surface area contributed by atoms with E-state index in [0.717, 1.165) is 56.8 Å². The third-order valence-electron chi connectivity index (χ3n) is 10.2. The molecule has 4 aliphatic heterocycles. The van der Waals surface area contributed by atoms with Gasteiger partial charge in [0.05, 0.1) is 10.9 Å². The highest BCUT2D eigenvalue weighted by atomic mass is 19.1. The van der Waals surface area contributed by atoms with Gasteiger partial charge in [-0.2, -0.15) is 9.97 Å². The summed E-state index contributed by atoms with van der Waals surface area (Å²) in [5, 5.41) is 4.37. The van der Waals surface area contributed by atoms with Crippen LogP contribution in [0, 0.1) is 11.7 Å². The van der Waals surface area contributed by atoms with Crippen molar-refractivity contribution in [3.05, 3.63) is 41.8 Å². The van der Waals surface area contributed by atoms with Crippen molar-refractivity contribution in [1.82, 2.24) is 25.2 Å². The molecule has 3 aromatic rings. The van der Waals surface area contributed by atoms with Crippen LogP contribution in [0.4, 0.5) is 10.2 Å². The molecule has 5 fully saturated rings. The smallest absolute Gasteiger partial charge is 0.319 e. The van der Waals surface area contributed by atoms with Gasteiger partial charge in [0, 0.05) is 36.9 Å². The number of hydrogen-bond donors (Lipinski definition) is 1. The van der Waals surface area contributed by atoms with Gasteiger partial charge < -0.3 is 15.0 Å². The Balaban J connectivity index is 1.22. The second kappa shape index (κ2) is 9.10. The Morgan fingerprint density at radius 2 is 1.82 bits per heavy atom. The summed E-state index contributed by atoms with van der Waals surface area (Å²) in [5.41, 5.74) is 2.83. The molecule has 2 aromatic heterocycles. The summed E-state index contributed by atoms with van der Waals surface area (Å²) >= 11 is 0. The molecule has 8 rings (SSSR count). The first-order valence-electron chi connectivity index (χ1n) is 14.9. The lowest BCUT2D eigenvalue weighted by atomic mass is 9.95. The largest absolute Gasteiger partial charge is 0.461 e. The number of fused-ring (bicyclic) bond motifs is 4. The lowest BCUT2D eigenvalue weighted by Crippen LogP contribution is -2.51. The molecule has 0 spiro atoms. The molecular formula is C31H37FN6O. The summed E-state index contributed by atoms with van der Waals surface area (Å²) in [6.07, 6.45) is 9.97. The fourth-order valence-corrected chi connectivity index (χ4v) is 7.94. The SMILES string of the molecule is C[C@@H]1CC1c1ccccc1-c1ncc2c(N3C[C@H]4CC[C@@H](C3)N4)nc(OCC34CCCN3CCC4)nc2c1F. The van der Waals surface area contributed by atoms with Crippen molar-refractivity contribution in [2.45, 2.75) is 75.4 Å². The number of hydrogen-bond acceptors (Lipinski definition) is 7. The highest BCUT2D eigenvalue weighted by Gasteiger charge is 2.45. The molecule has 6 heterocycles. The van der Waals surface area contributed by atoms with Crippen molar-refractivity contribution in [2.24, 2.45) is 5.92 Å². The Kier molecular flexibility index (Phi) is 5.60. The minimum absolute atomic E-state index is 0.0779. The molecule has 5 aliphatic rings. The Morgan fingerprint density at radius 1 is 1.08 bits per heavy atom. The number of nitrogens with one attached hydrogen (secondary N) is 1. The second-order valence-electron chi connectivity index (χ2n) is 12.7. The van der Waals surface area contributed by atoms with Crippen LogP contribution in [0.1, 0.15) is 63.4 Å². The number of anilines is 1. The lowest BCUT2D eigenvalue weighted by Gasteiger charge is -2.34. The minimum Gasteiger partial charge on any atom is -0.461 e. The van der Waals surface area contributed by atoms with Crippen LogP contribution < -0.4 is 15.0 Å². The Hall–Kier alpha value is -2.84. The standard InChI is InChI=1S/C31H37FN6O/c1-19-14-24(19)22-6-2-3-7-23(22)27-26(32)28-25(15-33-27)29(37-16-20-8-9-21(17-37)34-20)36-30(35-28)39-18-31-10-4-12-38(31)13-5-11-31/h2-3,6-7,15,19-21,24,34H,4-5,8-14,16-18H2,1H3/t19-,20-,21+,24?/m1/s1. The van der Waals surface area contributed by atoms with Crippen molar-refractivity contribution < 1.29 is 9.13 Å². The number of aromatic nitrogens is 3. The molecule has 0 amide bonds. The van der Waals surface area contributed by atoms with Crippen LogP contribution in [0.15, 0.2) is 30.5 Å². The van der Waals surface area contributed by atoms with E-state index >= 15 is 4.39 Å². The van der Waals surface area contributed by atoms with E-state index in [-0.39, 0.29) is 17.4 Å². The predicted molar refractivity (Wildman–Crippen MR) is 150 cm³/mol. The lowest BCUT2D eigenvalue weighted by molar-refractivity contribution is 0.108. The van der Waals surface area contributed by atoms with Crippen molar-refractivity contribution in [1.29, 1.82) is 0 Å². The van der Waals surface area contributed by atoms with Crippen LogP contribution in [0.5, 0.6) is 6.01 Å². The number of ether oxygens (including phenoxy) is 1. The molecule has 1 aliphatic carbocycles. The average Bonchev–Trinajstić information content (AvgIpc) is 3.22. The number of benzene rings is 1. The first kappa shape index (κ1) is 24.0. The summed E-state index contributed by atoms with van der Waals surface area (Å²) in [7, 11) is 0. The van der Waals surface area contributed by atoms with Gasteiger partial charge in [-0.1, -0.05) is 31.2 Å². The Morgan fingerprint density at radius 3 is 2.56 bits per heavy atom. The van der Waals surface area contributed by atoms with Crippen LogP contribution in [0.3, 0.4) is 0 Å². The predicted octanol–water partition coefficient (Wildman–Crippen LogP) is 4.90. The van der Waals surface area contributed by atoms with Gasteiger partial charge in [-0.05, 0) is 75.4 Å². The first-order valence-corrected chi connectivity index (χ1v) is 14.9. The number of halogens is 1. The second-order valence-corrected chi connectivity index (χ2v) is 12.7.